The Morgan fingerprint density at radius 3 is 3.12 bits per heavy atom. The molecular weight excluding hydrogens is 212 g/mol. The quantitative estimate of drug-likeness (QED) is 0.803. The number of rotatable bonds is 3. The fraction of sp³-hybridized carbons (Fsp3) is 0.786. The van der Waals surface area contributed by atoms with Crippen molar-refractivity contribution in [3.63, 3.8) is 0 Å². The van der Waals surface area contributed by atoms with Crippen LogP contribution in [0.4, 0.5) is 0 Å². The van der Waals surface area contributed by atoms with Gasteiger partial charge in [0.2, 0.25) is 0 Å². The summed E-state index contributed by atoms with van der Waals surface area (Å²) in [5.41, 5.74) is 0.233. The van der Waals surface area contributed by atoms with Crippen molar-refractivity contribution >= 4 is 0 Å². The minimum Gasteiger partial charge on any atom is -0.375 e. The van der Waals surface area contributed by atoms with Gasteiger partial charge in [0.05, 0.1) is 5.60 Å². The molecule has 3 rings (SSSR count). The van der Waals surface area contributed by atoms with Crippen LogP contribution in [0, 0.1) is 0 Å². The van der Waals surface area contributed by atoms with Gasteiger partial charge >= 0.3 is 0 Å². The van der Waals surface area contributed by atoms with Crippen LogP contribution < -0.4 is 0 Å². The molecule has 0 amide bonds. The summed E-state index contributed by atoms with van der Waals surface area (Å²) in [5.74, 6) is 1.26. The fourth-order valence-electron chi connectivity index (χ4n) is 3.25. The van der Waals surface area contributed by atoms with Crippen LogP contribution in [-0.2, 0) is 11.2 Å². The third-order valence-electron chi connectivity index (χ3n) is 4.35. The van der Waals surface area contributed by atoms with Crippen LogP contribution in [0.5, 0.6) is 0 Å². The first-order valence-corrected chi connectivity index (χ1v) is 6.99. The monoisotopic (exact) mass is 234 g/mol. The highest BCUT2D eigenvalue weighted by molar-refractivity contribution is 5.01. The number of aromatic nitrogens is 2. The normalized spacial score (nSPS) is 27.0. The molecule has 1 aromatic rings. The van der Waals surface area contributed by atoms with Gasteiger partial charge in [0, 0.05) is 31.5 Å². The molecule has 3 heteroatoms. The van der Waals surface area contributed by atoms with Crippen LogP contribution in [-0.4, -0.2) is 21.8 Å². The van der Waals surface area contributed by atoms with E-state index in [0.29, 0.717) is 6.04 Å². The van der Waals surface area contributed by atoms with Gasteiger partial charge in [-0.25, -0.2) is 4.98 Å². The van der Waals surface area contributed by atoms with Crippen LogP contribution in [0.15, 0.2) is 12.4 Å². The molecular formula is C14H22N2O. The molecule has 1 aliphatic heterocycles. The summed E-state index contributed by atoms with van der Waals surface area (Å²) in [6, 6.07) is 0.619. The average Bonchev–Trinajstić information content (AvgIpc) is 2.76. The Morgan fingerprint density at radius 2 is 2.41 bits per heavy atom. The summed E-state index contributed by atoms with van der Waals surface area (Å²) < 4.78 is 8.40. The third kappa shape index (κ3) is 2.01. The Kier molecular flexibility index (Phi) is 2.95. The topological polar surface area (TPSA) is 27.1 Å². The maximum Gasteiger partial charge on any atom is 0.108 e. The van der Waals surface area contributed by atoms with Gasteiger partial charge in [-0.1, -0.05) is 6.92 Å². The summed E-state index contributed by atoms with van der Waals surface area (Å²) >= 11 is 0. The largest absolute Gasteiger partial charge is 0.375 e. The van der Waals surface area contributed by atoms with Gasteiger partial charge < -0.3 is 9.30 Å². The summed E-state index contributed by atoms with van der Waals surface area (Å²) in [5, 5.41) is 0. The van der Waals surface area contributed by atoms with Gasteiger partial charge in [0.25, 0.3) is 0 Å². The molecule has 1 saturated heterocycles. The molecule has 2 aliphatic rings. The predicted octanol–water partition coefficient (Wildman–Crippen LogP) is 3.11. The number of ether oxygens (including phenoxy) is 1. The lowest BCUT2D eigenvalue weighted by Crippen LogP contribution is -2.46. The van der Waals surface area contributed by atoms with E-state index in [0.717, 1.165) is 19.4 Å². The van der Waals surface area contributed by atoms with E-state index in [1.165, 1.54) is 37.9 Å². The lowest BCUT2D eigenvalue weighted by atomic mass is 9.74. The minimum absolute atomic E-state index is 0.233. The Bertz CT molecular complexity index is 381. The molecule has 0 aromatic carbocycles. The van der Waals surface area contributed by atoms with E-state index >= 15 is 0 Å². The lowest BCUT2D eigenvalue weighted by Gasteiger charge is -2.47. The van der Waals surface area contributed by atoms with Gasteiger partial charge in [-0.05, 0) is 38.5 Å². The smallest absolute Gasteiger partial charge is 0.108 e. The molecule has 2 heterocycles. The van der Waals surface area contributed by atoms with E-state index in [2.05, 4.69) is 22.7 Å². The van der Waals surface area contributed by atoms with E-state index in [1.807, 2.05) is 6.20 Å². The highest BCUT2D eigenvalue weighted by atomic mass is 16.5. The van der Waals surface area contributed by atoms with Crippen molar-refractivity contribution in [2.45, 2.75) is 63.5 Å². The van der Waals surface area contributed by atoms with Crippen LogP contribution in [0.2, 0.25) is 0 Å². The first-order valence-electron chi connectivity index (χ1n) is 6.99. The Morgan fingerprint density at radius 1 is 1.53 bits per heavy atom. The zero-order valence-electron chi connectivity index (χ0n) is 10.7. The molecule has 1 aromatic heterocycles. The molecule has 17 heavy (non-hydrogen) atoms. The molecule has 0 radical (unpaired) electrons. The zero-order valence-corrected chi connectivity index (χ0v) is 10.7. The summed E-state index contributed by atoms with van der Waals surface area (Å²) in [4.78, 5) is 4.49. The van der Waals surface area contributed by atoms with Gasteiger partial charge in [-0.2, -0.15) is 0 Å². The maximum atomic E-state index is 6.00. The van der Waals surface area contributed by atoms with Crippen LogP contribution in [0.3, 0.4) is 0 Å². The SMILES string of the molecule is CCCc1nccn1C1CCOC2(CCC2)C1. The van der Waals surface area contributed by atoms with Gasteiger partial charge in [0.15, 0.2) is 0 Å². The van der Waals surface area contributed by atoms with Gasteiger partial charge in [-0.3, -0.25) is 0 Å². The van der Waals surface area contributed by atoms with Crippen LogP contribution in [0.1, 0.15) is 57.3 Å². The number of hydrogen-bond donors (Lipinski definition) is 0. The molecule has 1 aliphatic carbocycles. The highest BCUT2D eigenvalue weighted by Crippen LogP contribution is 2.45. The average molecular weight is 234 g/mol. The minimum atomic E-state index is 0.233. The molecule has 0 N–H and O–H groups in total. The van der Waals surface area contributed by atoms with E-state index in [-0.39, 0.29) is 5.60 Å². The van der Waals surface area contributed by atoms with Crippen molar-refractivity contribution in [3.8, 4) is 0 Å². The van der Waals surface area contributed by atoms with Crippen molar-refractivity contribution in [2.24, 2.45) is 0 Å². The molecule has 1 atom stereocenters. The Labute approximate surface area is 103 Å². The number of imidazole rings is 1. The number of aryl methyl sites for hydroxylation is 1. The second-order valence-corrected chi connectivity index (χ2v) is 5.53. The lowest BCUT2D eigenvalue weighted by molar-refractivity contribution is -0.140. The highest BCUT2D eigenvalue weighted by Gasteiger charge is 2.43. The van der Waals surface area contributed by atoms with Crippen LogP contribution >= 0.6 is 0 Å². The van der Waals surface area contributed by atoms with E-state index in [1.54, 1.807) is 0 Å². The maximum absolute atomic E-state index is 6.00. The standard InChI is InChI=1S/C14H22N2O/c1-2-4-13-15-8-9-16(13)12-5-10-17-14(11-12)6-3-7-14/h8-9,12H,2-7,10-11H2,1H3. The third-order valence-corrected chi connectivity index (χ3v) is 4.35. The van der Waals surface area contributed by atoms with Crippen molar-refractivity contribution in [2.75, 3.05) is 6.61 Å². The van der Waals surface area contributed by atoms with Crippen molar-refractivity contribution < 1.29 is 4.74 Å². The predicted molar refractivity (Wildman–Crippen MR) is 67.0 cm³/mol. The zero-order chi connectivity index (χ0) is 11.7. The number of nitrogens with zero attached hydrogens (tertiary/aromatic N) is 2. The summed E-state index contributed by atoms with van der Waals surface area (Å²) in [6.45, 7) is 3.14. The molecule has 3 nitrogen and oxygen atoms in total. The Balaban J connectivity index is 1.76. The van der Waals surface area contributed by atoms with Crippen molar-refractivity contribution in [1.29, 1.82) is 0 Å². The van der Waals surface area contributed by atoms with Gasteiger partial charge in [-0.15, -0.1) is 0 Å². The molecule has 94 valence electrons. The van der Waals surface area contributed by atoms with Gasteiger partial charge in [0.1, 0.15) is 5.82 Å². The Hall–Kier alpha value is -0.830. The molecule has 2 fully saturated rings. The van der Waals surface area contributed by atoms with E-state index in [4.69, 9.17) is 4.74 Å². The van der Waals surface area contributed by atoms with Crippen LogP contribution in [0.25, 0.3) is 0 Å². The molecule has 1 unspecified atom stereocenters. The molecule has 1 saturated carbocycles. The molecule has 1 spiro atoms. The van der Waals surface area contributed by atoms with E-state index in [9.17, 15) is 0 Å². The van der Waals surface area contributed by atoms with E-state index < -0.39 is 0 Å². The second-order valence-electron chi connectivity index (χ2n) is 5.53. The second kappa shape index (κ2) is 4.45. The summed E-state index contributed by atoms with van der Waals surface area (Å²) in [7, 11) is 0. The first kappa shape index (κ1) is 11.3. The fourth-order valence-corrected chi connectivity index (χ4v) is 3.25. The van der Waals surface area contributed by atoms with Crippen molar-refractivity contribution in [1.82, 2.24) is 9.55 Å². The molecule has 0 bridgehead atoms. The number of hydrogen-bond acceptors (Lipinski definition) is 2. The summed E-state index contributed by atoms with van der Waals surface area (Å²) in [6.07, 6.45) is 12.6. The van der Waals surface area contributed by atoms with Crippen molar-refractivity contribution in [3.05, 3.63) is 18.2 Å². The first-order chi connectivity index (χ1) is 8.33.